The average Bonchev–Trinajstić information content (AvgIpc) is 2.41. The molecule has 0 radical (unpaired) electrons. The number of hydrogen-bond acceptors (Lipinski definition) is 2. The van der Waals surface area contributed by atoms with Crippen molar-refractivity contribution in [1.29, 1.82) is 0 Å². The van der Waals surface area contributed by atoms with Crippen molar-refractivity contribution in [1.82, 2.24) is 4.90 Å². The molecule has 0 aromatic rings. The first-order valence-corrected chi connectivity index (χ1v) is 7.80. The quantitative estimate of drug-likeness (QED) is 0.764. The van der Waals surface area contributed by atoms with Gasteiger partial charge in [-0.3, -0.25) is 0 Å². The molecular weight excluding hydrogens is 222 g/mol. The summed E-state index contributed by atoms with van der Waals surface area (Å²) in [7, 11) is 2.28. The minimum Gasteiger partial charge on any atom is -0.376 e. The largest absolute Gasteiger partial charge is 0.376 e. The second kappa shape index (κ2) is 5.92. The number of rotatable bonds is 3. The fourth-order valence-electron chi connectivity index (χ4n) is 4.25. The van der Waals surface area contributed by atoms with Crippen LogP contribution in [0.3, 0.4) is 0 Å². The number of ether oxygens (including phenoxy) is 1. The topological polar surface area (TPSA) is 12.5 Å². The first-order chi connectivity index (χ1) is 8.49. The molecule has 4 atom stereocenters. The monoisotopic (exact) mass is 253 g/mol. The smallest absolute Gasteiger partial charge is 0.0772 e. The Morgan fingerprint density at radius 3 is 2.56 bits per heavy atom. The molecule has 0 saturated carbocycles. The second-order valence-electron chi connectivity index (χ2n) is 7.29. The lowest BCUT2D eigenvalue weighted by Gasteiger charge is -2.28. The number of likely N-dealkylation sites (N-methyl/N-ethyl adjacent to an activating group) is 1. The Labute approximate surface area is 113 Å². The summed E-state index contributed by atoms with van der Waals surface area (Å²) < 4.78 is 6.24. The Morgan fingerprint density at radius 1 is 1.22 bits per heavy atom. The van der Waals surface area contributed by atoms with E-state index in [2.05, 4.69) is 39.6 Å². The van der Waals surface area contributed by atoms with Gasteiger partial charge in [0.2, 0.25) is 0 Å². The van der Waals surface area contributed by atoms with Crippen molar-refractivity contribution >= 4 is 0 Å². The zero-order valence-electron chi connectivity index (χ0n) is 12.9. The molecule has 2 fully saturated rings. The molecule has 0 spiro atoms. The number of hydrogen-bond donors (Lipinski definition) is 0. The van der Waals surface area contributed by atoms with E-state index in [1.54, 1.807) is 0 Å². The molecule has 2 aliphatic rings. The van der Waals surface area contributed by atoms with E-state index in [0.29, 0.717) is 18.1 Å². The van der Waals surface area contributed by atoms with Crippen molar-refractivity contribution in [3.05, 3.63) is 0 Å². The first kappa shape index (κ1) is 14.3. The Kier molecular flexibility index (Phi) is 4.71. The van der Waals surface area contributed by atoms with E-state index < -0.39 is 0 Å². The van der Waals surface area contributed by atoms with Crippen LogP contribution in [0.1, 0.15) is 47.0 Å². The van der Waals surface area contributed by atoms with Gasteiger partial charge in [-0.15, -0.1) is 0 Å². The van der Waals surface area contributed by atoms with E-state index >= 15 is 0 Å². The van der Waals surface area contributed by atoms with Crippen molar-refractivity contribution in [3.63, 3.8) is 0 Å². The second-order valence-corrected chi connectivity index (χ2v) is 7.29. The summed E-state index contributed by atoms with van der Waals surface area (Å²) in [6.07, 6.45) is 4.53. The summed E-state index contributed by atoms with van der Waals surface area (Å²) >= 11 is 0. The van der Waals surface area contributed by atoms with Crippen molar-refractivity contribution in [3.8, 4) is 0 Å². The molecule has 0 bridgehead atoms. The van der Waals surface area contributed by atoms with Gasteiger partial charge in [0, 0.05) is 19.2 Å². The Morgan fingerprint density at radius 2 is 1.94 bits per heavy atom. The summed E-state index contributed by atoms with van der Waals surface area (Å²) in [4.78, 5) is 2.54. The zero-order valence-corrected chi connectivity index (χ0v) is 12.9. The van der Waals surface area contributed by atoms with Gasteiger partial charge in [0.1, 0.15) is 0 Å². The summed E-state index contributed by atoms with van der Waals surface area (Å²) in [5, 5.41) is 0. The molecule has 0 N–H and O–H groups in total. The fraction of sp³-hybridized carbons (Fsp3) is 1.00. The molecule has 0 aliphatic carbocycles. The van der Waals surface area contributed by atoms with Crippen LogP contribution >= 0.6 is 0 Å². The minimum absolute atomic E-state index is 0.493. The third-order valence-electron chi connectivity index (χ3n) is 4.79. The van der Waals surface area contributed by atoms with Gasteiger partial charge in [-0.25, -0.2) is 0 Å². The predicted molar refractivity (Wildman–Crippen MR) is 76.7 cm³/mol. The molecule has 2 aliphatic heterocycles. The third kappa shape index (κ3) is 3.08. The summed E-state index contributed by atoms with van der Waals surface area (Å²) in [6, 6.07) is 0.632. The van der Waals surface area contributed by atoms with Crippen LogP contribution in [-0.4, -0.2) is 37.2 Å². The van der Waals surface area contributed by atoms with Crippen LogP contribution in [0.4, 0.5) is 0 Å². The van der Waals surface area contributed by atoms with Crippen LogP contribution in [0.2, 0.25) is 0 Å². The molecule has 0 aromatic carbocycles. The lowest BCUT2D eigenvalue weighted by atomic mass is 9.84. The molecule has 2 unspecified atom stereocenters. The zero-order chi connectivity index (χ0) is 13.3. The fourth-order valence-corrected chi connectivity index (χ4v) is 4.25. The maximum atomic E-state index is 6.24. The summed E-state index contributed by atoms with van der Waals surface area (Å²) in [5.74, 6) is 3.19. The van der Waals surface area contributed by atoms with E-state index in [0.717, 1.165) is 24.4 Å². The highest BCUT2D eigenvalue weighted by Gasteiger charge is 2.43. The van der Waals surface area contributed by atoms with Gasteiger partial charge in [0.25, 0.3) is 0 Å². The van der Waals surface area contributed by atoms with Crippen molar-refractivity contribution in [2.24, 2.45) is 23.7 Å². The van der Waals surface area contributed by atoms with Crippen LogP contribution in [0.5, 0.6) is 0 Å². The Balaban J connectivity index is 2.02. The number of fused-ring (bicyclic) bond motifs is 1. The molecule has 106 valence electrons. The van der Waals surface area contributed by atoms with E-state index in [-0.39, 0.29) is 0 Å². The van der Waals surface area contributed by atoms with Crippen molar-refractivity contribution in [2.45, 2.75) is 59.1 Å². The van der Waals surface area contributed by atoms with E-state index in [4.69, 9.17) is 4.74 Å². The van der Waals surface area contributed by atoms with Gasteiger partial charge in [0.15, 0.2) is 0 Å². The van der Waals surface area contributed by atoms with Crippen LogP contribution in [0, 0.1) is 23.7 Å². The van der Waals surface area contributed by atoms with Gasteiger partial charge in [-0.1, -0.05) is 27.7 Å². The average molecular weight is 253 g/mol. The van der Waals surface area contributed by atoms with E-state index in [9.17, 15) is 0 Å². The molecular formula is C16H31NO. The Hall–Kier alpha value is -0.0800. The number of nitrogens with zero attached hydrogens (tertiary/aromatic N) is 1. The number of likely N-dealkylation sites (tertiary alicyclic amines) is 1. The highest BCUT2D eigenvalue weighted by atomic mass is 16.5. The lowest BCUT2D eigenvalue weighted by Crippen LogP contribution is -2.39. The first-order valence-electron chi connectivity index (χ1n) is 7.80. The van der Waals surface area contributed by atoms with Crippen LogP contribution < -0.4 is 0 Å². The molecule has 2 rings (SSSR count). The van der Waals surface area contributed by atoms with Crippen LogP contribution in [0.15, 0.2) is 0 Å². The van der Waals surface area contributed by atoms with Gasteiger partial charge in [-0.2, -0.15) is 0 Å². The molecule has 0 amide bonds. The standard InChI is InChI=1S/C16H31NO/c1-11(2)8-13-6-7-18-16-14(9-13)10-17(5)15(16)12(3)4/h11-16H,6-10H2,1-5H3/t13-,14-,15?,16?/m0/s1. The normalized spacial score (nSPS) is 38.2. The van der Waals surface area contributed by atoms with Crippen molar-refractivity contribution in [2.75, 3.05) is 20.2 Å². The summed E-state index contributed by atoms with van der Waals surface area (Å²) in [5.41, 5.74) is 0. The minimum atomic E-state index is 0.493. The summed E-state index contributed by atoms with van der Waals surface area (Å²) in [6.45, 7) is 11.6. The molecule has 2 nitrogen and oxygen atoms in total. The maximum absolute atomic E-state index is 6.24. The Bertz CT molecular complexity index is 264. The molecule has 18 heavy (non-hydrogen) atoms. The van der Waals surface area contributed by atoms with Crippen molar-refractivity contribution < 1.29 is 4.74 Å². The lowest BCUT2D eigenvalue weighted by molar-refractivity contribution is 0.00616. The van der Waals surface area contributed by atoms with Gasteiger partial charge >= 0.3 is 0 Å². The molecule has 2 saturated heterocycles. The van der Waals surface area contributed by atoms with E-state index in [1.165, 1.54) is 25.8 Å². The molecule has 2 heteroatoms. The van der Waals surface area contributed by atoms with Gasteiger partial charge in [-0.05, 0) is 50.0 Å². The van der Waals surface area contributed by atoms with Gasteiger partial charge < -0.3 is 9.64 Å². The van der Waals surface area contributed by atoms with Crippen LogP contribution in [-0.2, 0) is 4.74 Å². The molecule has 0 aromatic heterocycles. The van der Waals surface area contributed by atoms with Gasteiger partial charge in [0.05, 0.1) is 6.10 Å². The van der Waals surface area contributed by atoms with E-state index in [1.807, 2.05) is 0 Å². The highest BCUT2D eigenvalue weighted by molar-refractivity contribution is 4.96. The SMILES string of the molecule is CC(C)C[C@@H]1CCOC2C(C(C)C)N(C)C[C@@H]2C1. The third-order valence-corrected chi connectivity index (χ3v) is 4.79. The predicted octanol–water partition coefficient (Wildman–Crippen LogP) is 3.41. The highest BCUT2D eigenvalue weighted by Crippen LogP contribution is 2.38. The maximum Gasteiger partial charge on any atom is 0.0772 e. The molecule has 2 heterocycles. The van der Waals surface area contributed by atoms with Crippen LogP contribution in [0.25, 0.3) is 0 Å².